The second kappa shape index (κ2) is 5.31. The molecule has 5 rings (SSSR count). The zero-order valence-corrected chi connectivity index (χ0v) is 16.7. The molecule has 5 atom stereocenters. The highest BCUT2D eigenvalue weighted by Crippen LogP contribution is 2.67. The number of thioether (sulfide) groups is 2. The van der Waals surface area contributed by atoms with Crippen molar-refractivity contribution in [3.8, 4) is 0 Å². The van der Waals surface area contributed by atoms with Crippen LogP contribution in [-0.2, 0) is 4.79 Å². The molecule has 4 aliphatic carbocycles. The first-order valence-electron chi connectivity index (χ1n) is 10.0. The molecule has 3 heteroatoms. The molecule has 5 aliphatic rings. The van der Waals surface area contributed by atoms with Crippen LogP contribution in [-0.4, -0.2) is 21.4 Å². The molecule has 0 N–H and O–H groups in total. The monoisotopic (exact) mass is 362 g/mol. The van der Waals surface area contributed by atoms with E-state index in [1.54, 1.807) is 5.57 Å². The van der Waals surface area contributed by atoms with E-state index in [2.05, 4.69) is 43.4 Å². The maximum Gasteiger partial charge on any atom is 0.139 e. The van der Waals surface area contributed by atoms with Gasteiger partial charge in [0.1, 0.15) is 5.78 Å². The summed E-state index contributed by atoms with van der Waals surface area (Å²) in [6.45, 7) is 4.89. The summed E-state index contributed by atoms with van der Waals surface area (Å²) >= 11 is 4.41. The van der Waals surface area contributed by atoms with E-state index >= 15 is 0 Å². The summed E-state index contributed by atoms with van der Waals surface area (Å²) in [6.07, 6.45) is 12.6. The zero-order chi connectivity index (χ0) is 16.6. The van der Waals surface area contributed by atoms with Crippen LogP contribution in [0, 0.1) is 28.6 Å². The van der Waals surface area contributed by atoms with Crippen molar-refractivity contribution < 1.29 is 4.79 Å². The number of Topliss-reactive ketones (excluding diaryl/α,β-unsaturated/α-hetero) is 1. The summed E-state index contributed by atoms with van der Waals surface area (Å²) in [7, 11) is 0. The van der Waals surface area contributed by atoms with Crippen molar-refractivity contribution in [2.45, 2.75) is 69.3 Å². The average molecular weight is 363 g/mol. The molecule has 0 aromatic heterocycles. The zero-order valence-electron chi connectivity index (χ0n) is 15.1. The lowest BCUT2D eigenvalue weighted by Gasteiger charge is -2.58. The van der Waals surface area contributed by atoms with Crippen molar-refractivity contribution in [3.63, 3.8) is 0 Å². The molecule has 4 fully saturated rings. The molecular weight excluding hydrogens is 332 g/mol. The van der Waals surface area contributed by atoms with Crippen molar-refractivity contribution >= 4 is 29.3 Å². The lowest BCUT2D eigenvalue weighted by atomic mass is 9.47. The minimum atomic E-state index is 0.0335. The van der Waals surface area contributed by atoms with E-state index in [0.29, 0.717) is 21.2 Å². The van der Waals surface area contributed by atoms with Crippen LogP contribution in [0.25, 0.3) is 0 Å². The molecule has 1 aliphatic heterocycles. The van der Waals surface area contributed by atoms with Crippen molar-refractivity contribution in [1.82, 2.24) is 0 Å². The fourth-order valence-electron chi connectivity index (χ4n) is 7.15. The second-order valence-electron chi connectivity index (χ2n) is 9.43. The van der Waals surface area contributed by atoms with Gasteiger partial charge in [0.05, 0.1) is 4.08 Å². The van der Waals surface area contributed by atoms with Gasteiger partial charge in [0.25, 0.3) is 0 Å². The maximum absolute atomic E-state index is 12.5. The number of hydrogen-bond acceptors (Lipinski definition) is 3. The van der Waals surface area contributed by atoms with Gasteiger partial charge in [-0.25, -0.2) is 0 Å². The minimum absolute atomic E-state index is 0.0335. The Morgan fingerprint density at radius 3 is 2.46 bits per heavy atom. The molecule has 1 spiro atoms. The summed E-state index contributed by atoms with van der Waals surface area (Å²) in [4.78, 5) is 12.5. The summed E-state index contributed by atoms with van der Waals surface area (Å²) in [5.74, 6) is 5.59. The van der Waals surface area contributed by atoms with E-state index in [1.807, 2.05) is 0 Å². The molecule has 0 unspecified atom stereocenters. The van der Waals surface area contributed by atoms with E-state index in [0.717, 1.165) is 24.7 Å². The molecule has 0 bridgehead atoms. The molecule has 1 nitrogen and oxygen atoms in total. The Labute approximate surface area is 155 Å². The topological polar surface area (TPSA) is 17.1 Å². The highest BCUT2D eigenvalue weighted by atomic mass is 32.2. The van der Waals surface area contributed by atoms with Crippen LogP contribution in [0.2, 0.25) is 0 Å². The van der Waals surface area contributed by atoms with Crippen LogP contribution in [0.4, 0.5) is 0 Å². The molecular formula is C21H30OS2. The average Bonchev–Trinajstić information content (AvgIpc) is 3.14. The molecule has 1 saturated heterocycles. The van der Waals surface area contributed by atoms with E-state index in [4.69, 9.17) is 0 Å². The Hall–Kier alpha value is 0.110. The third kappa shape index (κ3) is 2.06. The lowest BCUT2D eigenvalue weighted by molar-refractivity contribution is -0.132. The smallest absolute Gasteiger partial charge is 0.139 e. The molecule has 0 radical (unpaired) electrons. The van der Waals surface area contributed by atoms with Crippen molar-refractivity contribution in [2.75, 3.05) is 11.5 Å². The van der Waals surface area contributed by atoms with Gasteiger partial charge >= 0.3 is 0 Å². The van der Waals surface area contributed by atoms with Crippen LogP contribution in [0.5, 0.6) is 0 Å². The number of ketones is 1. The third-order valence-electron chi connectivity index (χ3n) is 8.61. The van der Waals surface area contributed by atoms with Gasteiger partial charge in [-0.05, 0) is 68.1 Å². The van der Waals surface area contributed by atoms with Crippen LogP contribution in [0.15, 0.2) is 11.6 Å². The first-order valence-corrected chi connectivity index (χ1v) is 12.0. The fourth-order valence-corrected chi connectivity index (χ4v) is 10.3. The number of carbonyl (C=O) groups excluding carboxylic acids is 1. The van der Waals surface area contributed by atoms with Crippen molar-refractivity contribution in [1.29, 1.82) is 0 Å². The molecule has 0 aromatic carbocycles. The number of hydrogen-bond donors (Lipinski definition) is 0. The normalized spacial score (nSPS) is 49.5. The van der Waals surface area contributed by atoms with Crippen molar-refractivity contribution in [3.05, 3.63) is 11.6 Å². The molecule has 0 amide bonds. The van der Waals surface area contributed by atoms with E-state index in [-0.39, 0.29) is 5.41 Å². The number of carbonyl (C=O) groups is 1. The van der Waals surface area contributed by atoms with Crippen molar-refractivity contribution in [2.24, 2.45) is 28.6 Å². The summed E-state index contributed by atoms with van der Waals surface area (Å²) < 4.78 is 0.425. The first-order chi connectivity index (χ1) is 11.5. The number of allylic oxidation sites excluding steroid dienone is 1. The SMILES string of the molecule is C[C@]12CCC3(C=C1CC[C@H]1[C@H]4CCC(=O)[C@@]4(C)CC[C@@H]12)SCCS3. The van der Waals surface area contributed by atoms with Gasteiger partial charge in [0, 0.05) is 23.3 Å². The maximum atomic E-state index is 12.5. The van der Waals surface area contributed by atoms with Crippen LogP contribution >= 0.6 is 23.5 Å². The first kappa shape index (κ1) is 16.3. The Kier molecular flexibility index (Phi) is 3.61. The highest BCUT2D eigenvalue weighted by Gasteiger charge is 2.59. The molecule has 3 saturated carbocycles. The summed E-state index contributed by atoms with van der Waals surface area (Å²) in [5, 5.41) is 0. The Balaban J connectivity index is 1.48. The second-order valence-corrected chi connectivity index (χ2v) is 12.5. The van der Waals surface area contributed by atoms with Gasteiger partial charge in [0.2, 0.25) is 0 Å². The van der Waals surface area contributed by atoms with Crippen LogP contribution in [0.1, 0.15) is 65.2 Å². The van der Waals surface area contributed by atoms with E-state index in [1.165, 1.54) is 50.0 Å². The van der Waals surface area contributed by atoms with Gasteiger partial charge in [-0.15, -0.1) is 23.5 Å². The van der Waals surface area contributed by atoms with E-state index < -0.39 is 0 Å². The molecule has 0 aromatic rings. The van der Waals surface area contributed by atoms with E-state index in [9.17, 15) is 4.79 Å². The Morgan fingerprint density at radius 1 is 0.917 bits per heavy atom. The summed E-state index contributed by atoms with van der Waals surface area (Å²) in [5.41, 5.74) is 2.27. The predicted octanol–water partition coefficient (Wildman–Crippen LogP) is 5.69. The minimum Gasteiger partial charge on any atom is -0.299 e. The Bertz CT molecular complexity index is 605. The molecule has 1 heterocycles. The predicted molar refractivity (Wildman–Crippen MR) is 104 cm³/mol. The van der Waals surface area contributed by atoms with Crippen LogP contribution in [0.3, 0.4) is 0 Å². The standard InChI is InChI=1S/C21H30OS2/c1-19-9-10-21(23-11-12-24-21)13-14(19)3-4-15-16-5-6-18(22)20(16,2)8-7-17(15)19/h13,15-17H,3-12H2,1-2H3/t15-,16+,17-,19-,20-/m0/s1. The van der Waals surface area contributed by atoms with Gasteiger partial charge in [0.15, 0.2) is 0 Å². The third-order valence-corrected chi connectivity index (χ3v) is 12.0. The fraction of sp³-hybridized carbons (Fsp3) is 0.857. The highest BCUT2D eigenvalue weighted by molar-refractivity contribution is 8.21. The van der Waals surface area contributed by atoms with Gasteiger partial charge in [-0.3, -0.25) is 4.79 Å². The Morgan fingerprint density at radius 2 is 1.67 bits per heavy atom. The number of rotatable bonds is 0. The van der Waals surface area contributed by atoms with Gasteiger partial charge in [-0.1, -0.05) is 25.5 Å². The number of fused-ring (bicyclic) bond motifs is 5. The molecule has 24 heavy (non-hydrogen) atoms. The molecule has 132 valence electrons. The van der Waals surface area contributed by atoms with Gasteiger partial charge in [-0.2, -0.15) is 0 Å². The quantitative estimate of drug-likeness (QED) is 0.515. The largest absolute Gasteiger partial charge is 0.299 e. The van der Waals surface area contributed by atoms with Gasteiger partial charge < -0.3 is 0 Å². The summed E-state index contributed by atoms with van der Waals surface area (Å²) in [6, 6.07) is 0. The lowest BCUT2D eigenvalue weighted by Crippen LogP contribution is -2.51. The van der Waals surface area contributed by atoms with Crippen LogP contribution < -0.4 is 0 Å².